The highest BCUT2D eigenvalue weighted by atomic mass is 16.5. The number of rotatable bonds is 13. The first-order valence-electron chi connectivity index (χ1n) is 9.20. The van der Waals surface area contributed by atoms with Gasteiger partial charge < -0.3 is 10.1 Å². The zero-order valence-electron chi connectivity index (χ0n) is 14.2. The van der Waals surface area contributed by atoms with Gasteiger partial charge in [0.25, 0.3) is 0 Å². The highest BCUT2D eigenvalue weighted by Gasteiger charge is 2.28. The summed E-state index contributed by atoms with van der Waals surface area (Å²) in [5.41, 5.74) is 0. The lowest BCUT2D eigenvalue weighted by atomic mass is 10.1. The van der Waals surface area contributed by atoms with Crippen LogP contribution in [0.1, 0.15) is 90.4 Å². The monoisotopic (exact) mass is 311 g/mol. The van der Waals surface area contributed by atoms with Crippen molar-refractivity contribution < 1.29 is 14.3 Å². The molecule has 1 atom stereocenters. The van der Waals surface area contributed by atoms with Crippen LogP contribution in [-0.2, 0) is 14.3 Å². The van der Waals surface area contributed by atoms with E-state index in [1.807, 2.05) is 0 Å². The van der Waals surface area contributed by atoms with Crippen molar-refractivity contribution in [2.75, 3.05) is 6.61 Å². The summed E-state index contributed by atoms with van der Waals surface area (Å²) in [5.74, 6) is -0.311. The molecule has 1 aliphatic heterocycles. The number of hydrogen-bond acceptors (Lipinski definition) is 3. The fourth-order valence-electron chi connectivity index (χ4n) is 2.83. The Morgan fingerprint density at radius 1 is 1.00 bits per heavy atom. The van der Waals surface area contributed by atoms with Crippen molar-refractivity contribution in [1.82, 2.24) is 5.32 Å². The van der Waals surface area contributed by atoms with E-state index in [4.69, 9.17) is 4.74 Å². The lowest BCUT2D eigenvalue weighted by molar-refractivity contribution is -0.146. The lowest BCUT2D eigenvalue weighted by Crippen LogP contribution is -2.34. The molecule has 22 heavy (non-hydrogen) atoms. The fraction of sp³-hybridized carbons (Fsp3) is 0.889. The number of carbonyl (C=O) groups excluding carboxylic acids is 2. The average Bonchev–Trinajstić information content (AvgIpc) is 2.95. The molecule has 1 N–H and O–H groups in total. The maximum absolute atomic E-state index is 11.6. The first-order valence-corrected chi connectivity index (χ1v) is 9.20. The summed E-state index contributed by atoms with van der Waals surface area (Å²) in [6.45, 7) is 2.74. The molecule has 1 amide bonds. The molecule has 4 heteroatoms. The van der Waals surface area contributed by atoms with Crippen LogP contribution in [0.4, 0.5) is 0 Å². The number of carbonyl (C=O) groups is 2. The summed E-state index contributed by atoms with van der Waals surface area (Å²) in [6, 6.07) is -0.403. The normalized spacial score (nSPS) is 17.5. The third-order valence-electron chi connectivity index (χ3n) is 4.27. The molecule has 0 spiro atoms. The first-order chi connectivity index (χ1) is 10.7. The predicted molar refractivity (Wildman–Crippen MR) is 88.6 cm³/mol. The maximum atomic E-state index is 11.6. The van der Waals surface area contributed by atoms with Gasteiger partial charge in [-0.25, -0.2) is 4.79 Å². The van der Waals surface area contributed by atoms with Crippen LogP contribution < -0.4 is 5.32 Å². The Labute approximate surface area is 135 Å². The topological polar surface area (TPSA) is 55.4 Å². The highest BCUT2D eigenvalue weighted by molar-refractivity contribution is 5.87. The van der Waals surface area contributed by atoms with Gasteiger partial charge in [0.15, 0.2) is 0 Å². The second-order valence-corrected chi connectivity index (χ2v) is 6.36. The van der Waals surface area contributed by atoms with Gasteiger partial charge >= 0.3 is 5.97 Å². The minimum Gasteiger partial charge on any atom is -0.464 e. The Hall–Kier alpha value is -1.06. The van der Waals surface area contributed by atoms with E-state index < -0.39 is 6.04 Å². The Morgan fingerprint density at radius 2 is 1.55 bits per heavy atom. The fourth-order valence-corrected chi connectivity index (χ4v) is 2.83. The van der Waals surface area contributed by atoms with Gasteiger partial charge in [0.1, 0.15) is 6.04 Å². The molecule has 0 aromatic rings. The van der Waals surface area contributed by atoms with E-state index in [1.165, 1.54) is 57.8 Å². The summed E-state index contributed by atoms with van der Waals surface area (Å²) in [4.78, 5) is 22.7. The molecule has 1 heterocycles. The molecule has 4 nitrogen and oxygen atoms in total. The van der Waals surface area contributed by atoms with E-state index in [1.54, 1.807) is 0 Å². The van der Waals surface area contributed by atoms with E-state index in [0.29, 0.717) is 19.4 Å². The molecule has 0 saturated carbocycles. The van der Waals surface area contributed by atoms with Crippen molar-refractivity contribution in [3.63, 3.8) is 0 Å². The van der Waals surface area contributed by atoms with Crippen molar-refractivity contribution in [1.29, 1.82) is 0 Å². The largest absolute Gasteiger partial charge is 0.464 e. The molecule has 0 bridgehead atoms. The minimum atomic E-state index is -0.403. The zero-order chi connectivity index (χ0) is 16.0. The van der Waals surface area contributed by atoms with Gasteiger partial charge in [-0.15, -0.1) is 0 Å². The van der Waals surface area contributed by atoms with Crippen molar-refractivity contribution in [3.8, 4) is 0 Å². The molecule has 0 aromatic carbocycles. The Kier molecular flexibility index (Phi) is 10.8. The minimum absolute atomic E-state index is 0.0448. The molecule has 128 valence electrons. The van der Waals surface area contributed by atoms with Crippen LogP contribution in [0.25, 0.3) is 0 Å². The van der Waals surface area contributed by atoms with Crippen LogP contribution in [0.3, 0.4) is 0 Å². The van der Waals surface area contributed by atoms with Gasteiger partial charge in [-0.2, -0.15) is 0 Å². The Bertz CT molecular complexity index is 317. The van der Waals surface area contributed by atoms with Gasteiger partial charge in [0.2, 0.25) is 5.91 Å². The lowest BCUT2D eigenvalue weighted by Gasteiger charge is -2.09. The molecule has 1 unspecified atom stereocenters. The second kappa shape index (κ2) is 12.5. The van der Waals surface area contributed by atoms with Crippen molar-refractivity contribution in [2.45, 2.75) is 96.4 Å². The number of esters is 1. The van der Waals surface area contributed by atoms with E-state index in [9.17, 15) is 9.59 Å². The van der Waals surface area contributed by atoms with Crippen LogP contribution in [-0.4, -0.2) is 24.5 Å². The predicted octanol–water partition coefficient (Wildman–Crippen LogP) is 4.12. The summed E-state index contributed by atoms with van der Waals surface area (Å²) in [5, 5.41) is 2.63. The molecule has 0 aliphatic carbocycles. The van der Waals surface area contributed by atoms with E-state index in [0.717, 1.165) is 12.8 Å². The summed E-state index contributed by atoms with van der Waals surface area (Å²) in [6.07, 6.45) is 15.2. The molecule has 1 fully saturated rings. The zero-order valence-corrected chi connectivity index (χ0v) is 14.2. The summed E-state index contributed by atoms with van der Waals surface area (Å²) >= 11 is 0. The van der Waals surface area contributed by atoms with E-state index in [2.05, 4.69) is 12.2 Å². The molecule has 1 aliphatic rings. The quantitative estimate of drug-likeness (QED) is 0.411. The molecule has 0 aromatic heterocycles. The number of ether oxygens (including phenoxy) is 1. The van der Waals surface area contributed by atoms with E-state index >= 15 is 0 Å². The highest BCUT2D eigenvalue weighted by Crippen LogP contribution is 2.12. The van der Waals surface area contributed by atoms with Crippen molar-refractivity contribution in [2.24, 2.45) is 0 Å². The smallest absolute Gasteiger partial charge is 0.328 e. The van der Waals surface area contributed by atoms with Crippen molar-refractivity contribution >= 4 is 11.9 Å². The van der Waals surface area contributed by atoms with Gasteiger partial charge in [-0.3, -0.25) is 4.79 Å². The van der Waals surface area contributed by atoms with Gasteiger partial charge in [-0.05, 0) is 12.8 Å². The first kappa shape index (κ1) is 19.0. The standard InChI is InChI=1S/C18H33NO3/c1-2-3-4-5-6-7-8-9-10-11-12-15-22-18(21)16-13-14-17(20)19-16/h16H,2-15H2,1H3,(H,19,20). The third-order valence-corrected chi connectivity index (χ3v) is 4.27. The summed E-state index contributed by atoms with van der Waals surface area (Å²) < 4.78 is 5.20. The van der Waals surface area contributed by atoms with E-state index in [-0.39, 0.29) is 11.9 Å². The van der Waals surface area contributed by atoms with Gasteiger partial charge in [0.05, 0.1) is 6.61 Å². The Morgan fingerprint density at radius 3 is 2.05 bits per heavy atom. The molecule has 1 saturated heterocycles. The SMILES string of the molecule is CCCCCCCCCCCCCOC(=O)C1CCC(=O)N1. The molecular weight excluding hydrogens is 278 g/mol. The number of amides is 1. The van der Waals surface area contributed by atoms with Gasteiger partial charge in [-0.1, -0.05) is 71.1 Å². The molecule has 0 radical (unpaired) electrons. The van der Waals surface area contributed by atoms with Crippen LogP contribution in [0.5, 0.6) is 0 Å². The Balaban J connectivity index is 1.80. The number of hydrogen-bond donors (Lipinski definition) is 1. The number of unbranched alkanes of at least 4 members (excludes halogenated alkanes) is 10. The second-order valence-electron chi connectivity index (χ2n) is 6.36. The van der Waals surface area contributed by atoms with Crippen LogP contribution in [0.15, 0.2) is 0 Å². The van der Waals surface area contributed by atoms with Gasteiger partial charge in [0, 0.05) is 6.42 Å². The maximum Gasteiger partial charge on any atom is 0.328 e. The average molecular weight is 311 g/mol. The van der Waals surface area contributed by atoms with Crippen LogP contribution in [0.2, 0.25) is 0 Å². The number of nitrogens with one attached hydrogen (secondary N) is 1. The van der Waals surface area contributed by atoms with Crippen molar-refractivity contribution in [3.05, 3.63) is 0 Å². The van der Waals surface area contributed by atoms with Crippen LogP contribution in [0, 0.1) is 0 Å². The third kappa shape index (κ3) is 9.06. The van der Waals surface area contributed by atoms with Crippen LogP contribution >= 0.6 is 0 Å². The molecule has 1 rings (SSSR count). The summed E-state index contributed by atoms with van der Waals surface area (Å²) in [7, 11) is 0. The molecular formula is C18H33NO3.